The highest BCUT2D eigenvalue weighted by Crippen LogP contribution is 2.35. The van der Waals surface area contributed by atoms with Crippen molar-refractivity contribution in [3.05, 3.63) is 59.7 Å². The zero-order valence-corrected chi connectivity index (χ0v) is 17.4. The van der Waals surface area contributed by atoms with E-state index in [0.29, 0.717) is 38.3 Å². The lowest BCUT2D eigenvalue weighted by molar-refractivity contribution is -0.132. The van der Waals surface area contributed by atoms with E-state index in [2.05, 4.69) is 12.1 Å². The molecule has 1 heterocycles. The van der Waals surface area contributed by atoms with Crippen LogP contribution in [0.4, 0.5) is 0 Å². The van der Waals surface area contributed by atoms with Crippen molar-refractivity contribution in [2.24, 2.45) is 0 Å². The third-order valence-corrected chi connectivity index (χ3v) is 7.88. The van der Waals surface area contributed by atoms with Crippen LogP contribution in [0.25, 0.3) is 0 Å². The number of piperazine rings is 1. The molecule has 2 aromatic rings. The van der Waals surface area contributed by atoms with Crippen molar-refractivity contribution in [2.75, 3.05) is 33.3 Å². The molecule has 0 N–H and O–H groups in total. The van der Waals surface area contributed by atoms with Gasteiger partial charge in [0, 0.05) is 32.6 Å². The molecule has 0 bridgehead atoms. The van der Waals surface area contributed by atoms with E-state index in [-0.39, 0.29) is 16.7 Å². The topological polar surface area (TPSA) is 66.9 Å². The second-order valence-corrected chi connectivity index (χ2v) is 9.54. The van der Waals surface area contributed by atoms with E-state index in [1.165, 1.54) is 15.4 Å². The van der Waals surface area contributed by atoms with Gasteiger partial charge in [-0.15, -0.1) is 0 Å². The number of ether oxygens (including phenoxy) is 1. The smallest absolute Gasteiger partial charge is 0.243 e. The van der Waals surface area contributed by atoms with Crippen LogP contribution in [0.3, 0.4) is 0 Å². The summed E-state index contributed by atoms with van der Waals surface area (Å²) in [7, 11) is -2.01. The van der Waals surface area contributed by atoms with Crippen molar-refractivity contribution in [1.29, 1.82) is 0 Å². The summed E-state index contributed by atoms with van der Waals surface area (Å²) in [4.78, 5) is 14.9. The Morgan fingerprint density at radius 2 is 1.72 bits per heavy atom. The molecule has 0 aromatic heterocycles. The lowest BCUT2D eigenvalue weighted by atomic mass is 9.97. The largest absolute Gasteiger partial charge is 0.497 e. The summed E-state index contributed by atoms with van der Waals surface area (Å²) < 4.78 is 32.3. The SMILES string of the molecule is COc1ccc(S(=O)(=O)N2CCN(C(=O)CC3CCc4ccccc43)CC2)cc1. The molecule has 1 atom stereocenters. The lowest BCUT2D eigenvalue weighted by Gasteiger charge is -2.34. The van der Waals surface area contributed by atoms with Gasteiger partial charge in [0.15, 0.2) is 0 Å². The number of nitrogens with zero attached hydrogens (tertiary/aromatic N) is 2. The van der Waals surface area contributed by atoms with Gasteiger partial charge in [-0.05, 0) is 54.2 Å². The van der Waals surface area contributed by atoms with Crippen LogP contribution in [-0.4, -0.2) is 56.8 Å². The van der Waals surface area contributed by atoms with E-state index in [0.717, 1.165) is 12.8 Å². The van der Waals surface area contributed by atoms with E-state index in [4.69, 9.17) is 4.74 Å². The van der Waals surface area contributed by atoms with Crippen molar-refractivity contribution in [1.82, 2.24) is 9.21 Å². The summed E-state index contributed by atoms with van der Waals surface area (Å²) in [6, 6.07) is 14.8. The first-order chi connectivity index (χ1) is 14.0. The molecule has 0 radical (unpaired) electrons. The Morgan fingerprint density at radius 1 is 1.03 bits per heavy atom. The van der Waals surface area contributed by atoms with Gasteiger partial charge in [-0.2, -0.15) is 4.31 Å². The van der Waals surface area contributed by atoms with E-state index >= 15 is 0 Å². The molecule has 1 aliphatic heterocycles. The second kappa shape index (κ2) is 8.16. The molecule has 6 nitrogen and oxygen atoms in total. The van der Waals surface area contributed by atoms with Crippen LogP contribution in [0.15, 0.2) is 53.4 Å². The Bertz CT molecular complexity index is 980. The molecule has 1 fully saturated rings. The molecule has 0 saturated carbocycles. The number of hydrogen-bond acceptors (Lipinski definition) is 4. The molecule has 1 amide bonds. The van der Waals surface area contributed by atoms with Crippen molar-refractivity contribution < 1.29 is 17.9 Å². The molecular formula is C22H26N2O4S. The number of benzene rings is 2. The average Bonchev–Trinajstić information content (AvgIpc) is 3.16. The van der Waals surface area contributed by atoms with Gasteiger partial charge in [-0.3, -0.25) is 4.79 Å². The number of aryl methyl sites for hydroxylation is 1. The van der Waals surface area contributed by atoms with Gasteiger partial charge in [0.1, 0.15) is 5.75 Å². The maximum atomic E-state index is 12.9. The van der Waals surface area contributed by atoms with Gasteiger partial charge in [0.05, 0.1) is 12.0 Å². The summed E-state index contributed by atoms with van der Waals surface area (Å²) in [5, 5.41) is 0. The van der Waals surface area contributed by atoms with Gasteiger partial charge in [-0.1, -0.05) is 24.3 Å². The zero-order valence-electron chi connectivity index (χ0n) is 16.6. The first kappa shape index (κ1) is 19.9. The average molecular weight is 415 g/mol. The first-order valence-electron chi connectivity index (χ1n) is 9.99. The number of carbonyl (C=O) groups is 1. The molecule has 2 aliphatic rings. The summed E-state index contributed by atoms with van der Waals surface area (Å²) in [6.07, 6.45) is 2.54. The van der Waals surface area contributed by atoms with Crippen molar-refractivity contribution in [2.45, 2.75) is 30.1 Å². The minimum Gasteiger partial charge on any atom is -0.497 e. The molecular weight excluding hydrogens is 388 g/mol. The van der Waals surface area contributed by atoms with Crippen LogP contribution >= 0.6 is 0 Å². The fourth-order valence-corrected chi connectivity index (χ4v) is 5.69. The van der Waals surface area contributed by atoms with Gasteiger partial charge < -0.3 is 9.64 Å². The maximum Gasteiger partial charge on any atom is 0.243 e. The Labute approximate surface area is 172 Å². The second-order valence-electron chi connectivity index (χ2n) is 7.60. The minimum absolute atomic E-state index is 0.119. The monoisotopic (exact) mass is 414 g/mol. The van der Waals surface area contributed by atoms with Crippen LogP contribution in [0.1, 0.15) is 29.9 Å². The van der Waals surface area contributed by atoms with E-state index in [1.54, 1.807) is 36.3 Å². The van der Waals surface area contributed by atoms with Crippen LogP contribution in [0.5, 0.6) is 5.75 Å². The number of carbonyl (C=O) groups excluding carboxylic acids is 1. The Kier molecular flexibility index (Phi) is 5.61. The summed E-state index contributed by atoms with van der Waals surface area (Å²) in [5.74, 6) is 1.01. The molecule has 4 rings (SSSR count). The number of amides is 1. The first-order valence-corrected chi connectivity index (χ1v) is 11.4. The van der Waals surface area contributed by atoms with E-state index in [1.807, 2.05) is 12.1 Å². The highest BCUT2D eigenvalue weighted by molar-refractivity contribution is 7.89. The Hall–Kier alpha value is -2.38. The fraction of sp³-hybridized carbons (Fsp3) is 0.409. The zero-order chi connectivity index (χ0) is 20.4. The molecule has 0 spiro atoms. The van der Waals surface area contributed by atoms with Crippen LogP contribution < -0.4 is 4.74 Å². The highest BCUT2D eigenvalue weighted by atomic mass is 32.2. The van der Waals surface area contributed by atoms with Crippen LogP contribution in [0, 0.1) is 0 Å². The third-order valence-electron chi connectivity index (χ3n) is 5.97. The van der Waals surface area contributed by atoms with E-state index < -0.39 is 10.0 Å². The predicted octanol–water partition coefficient (Wildman–Crippen LogP) is 2.65. The minimum atomic E-state index is -3.56. The number of fused-ring (bicyclic) bond motifs is 1. The van der Waals surface area contributed by atoms with Gasteiger partial charge in [0.2, 0.25) is 15.9 Å². The highest BCUT2D eigenvalue weighted by Gasteiger charge is 2.32. The molecule has 29 heavy (non-hydrogen) atoms. The third kappa shape index (κ3) is 4.02. The molecule has 2 aromatic carbocycles. The van der Waals surface area contributed by atoms with Crippen LogP contribution in [-0.2, 0) is 21.2 Å². The summed E-state index contributed by atoms with van der Waals surface area (Å²) >= 11 is 0. The van der Waals surface area contributed by atoms with Gasteiger partial charge in [0.25, 0.3) is 0 Å². The molecule has 7 heteroatoms. The maximum absolute atomic E-state index is 12.9. The van der Waals surface area contributed by atoms with Gasteiger partial charge in [-0.25, -0.2) is 8.42 Å². The summed E-state index contributed by atoms with van der Waals surface area (Å²) in [6.45, 7) is 1.51. The number of hydrogen-bond donors (Lipinski definition) is 0. The number of sulfonamides is 1. The lowest BCUT2D eigenvalue weighted by Crippen LogP contribution is -2.50. The quantitative estimate of drug-likeness (QED) is 0.754. The molecule has 1 saturated heterocycles. The number of methoxy groups -OCH3 is 1. The fourth-order valence-electron chi connectivity index (χ4n) is 4.27. The van der Waals surface area contributed by atoms with E-state index in [9.17, 15) is 13.2 Å². The summed E-state index contributed by atoms with van der Waals surface area (Å²) in [5.41, 5.74) is 2.64. The Balaban J connectivity index is 1.36. The normalized spacial score (nSPS) is 19.8. The molecule has 1 unspecified atom stereocenters. The Morgan fingerprint density at radius 3 is 2.41 bits per heavy atom. The van der Waals surface area contributed by atoms with Crippen molar-refractivity contribution in [3.63, 3.8) is 0 Å². The van der Waals surface area contributed by atoms with Crippen LogP contribution in [0.2, 0.25) is 0 Å². The van der Waals surface area contributed by atoms with Crippen molar-refractivity contribution >= 4 is 15.9 Å². The molecule has 154 valence electrons. The predicted molar refractivity (Wildman–Crippen MR) is 110 cm³/mol. The standard InChI is InChI=1S/C22H26N2O4S/c1-28-19-8-10-20(11-9-19)29(26,27)24-14-12-23(13-15-24)22(25)16-18-7-6-17-4-2-3-5-21(17)18/h2-5,8-11,18H,6-7,12-16H2,1H3. The van der Waals surface area contributed by atoms with Gasteiger partial charge >= 0.3 is 0 Å². The molecule has 1 aliphatic carbocycles. The van der Waals surface area contributed by atoms with Crippen molar-refractivity contribution in [3.8, 4) is 5.75 Å². The number of rotatable bonds is 5.